The molecule has 0 aliphatic rings. The second-order valence-electron chi connectivity index (χ2n) is 6.43. The second kappa shape index (κ2) is 7.99. The zero-order chi connectivity index (χ0) is 20.5. The molecule has 0 radical (unpaired) electrons. The molecule has 0 fully saturated rings. The summed E-state index contributed by atoms with van der Waals surface area (Å²) in [5, 5.41) is 4.02. The maximum Gasteiger partial charge on any atom is 0.263 e. The van der Waals surface area contributed by atoms with Crippen molar-refractivity contribution in [2.45, 2.75) is 13.5 Å². The maximum absolute atomic E-state index is 13.1. The molecule has 146 valence electrons. The Bertz CT molecular complexity index is 1280. The highest BCUT2D eigenvalue weighted by Gasteiger charge is 2.18. The number of fused-ring (bicyclic) bond motifs is 1. The van der Waals surface area contributed by atoms with Crippen LogP contribution >= 0.6 is 34.5 Å². The van der Waals surface area contributed by atoms with E-state index in [1.807, 2.05) is 37.3 Å². The van der Waals surface area contributed by atoms with Crippen molar-refractivity contribution in [3.8, 4) is 11.1 Å². The molecule has 5 nitrogen and oxygen atoms in total. The molecular formula is C21H15Cl2N3O2S. The van der Waals surface area contributed by atoms with Crippen molar-refractivity contribution in [2.75, 3.05) is 5.32 Å². The molecule has 4 aromatic rings. The van der Waals surface area contributed by atoms with Crippen molar-refractivity contribution in [3.05, 3.63) is 80.1 Å². The molecule has 0 aliphatic carbocycles. The Kier molecular flexibility index (Phi) is 5.41. The van der Waals surface area contributed by atoms with Crippen LogP contribution in [0.25, 0.3) is 21.3 Å². The molecule has 8 heteroatoms. The van der Waals surface area contributed by atoms with Gasteiger partial charge in [-0.2, -0.15) is 0 Å². The monoisotopic (exact) mass is 443 g/mol. The largest absolute Gasteiger partial charge is 0.323 e. The molecule has 2 aromatic carbocycles. The van der Waals surface area contributed by atoms with Crippen LogP contribution in [0.4, 0.5) is 5.69 Å². The van der Waals surface area contributed by atoms with Gasteiger partial charge in [-0.05, 0) is 30.7 Å². The predicted molar refractivity (Wildman–Crippen MR) is 119 cm³/mol. The number of carbonyl (C=O) groups excluding carboxylic acids is 1. The van der Waals surface area contributed by atoms with E-state index >= 15 is 0 Å². The Morgan fingerprint density at radius 3 is 2.69 bits per heavy atom. The first-order chi connectivity index (χ1) is 13.9. The third kappa shape index (κ3) is 3.92. The summed E-state index contributed by atoms with van der Waals surface area (Å²) in [7, 11) is 0. The van der Waals surface area contributed by atoms with Gasteiger partial charge in [0.1, 0.15) is 11.4 Å². The van der Waals surface area contributed by atoms with Crippen molar-refractivity contribution in [1.82, 2.24) is 9.55 Å². The van der Waals surface area contributed by atoms with Gasteiger partial charge in [-0.25, -0.2) is 4.98 Å². The number of rotatable bonds is 4. The summed E-state index contributed by atoms with van der Waals surface area (Å²) in [4.78, 5) is 31.7. The van der Waals surface area contributed by atoms with E-state index in [0.717, 1.165) is 16.0 Å². The fourth-order valence-corrected chi connectivity index (χ4v) is 4.48. The van der Waals surface area contributed by atoms with Crippen molar-refractivity contribution in [3.63, 3.8) is 0 Å². The van der Waals surface area contributed by atoms with Gasteiger partial charge in [-0.3, -0.25) is 14.2 Å². The van der Waals surface area contributed by atoms with E-state index in [-0.39, 0.29) is 12.1 Å². The fourth-order valence-electron chi connectivity index (χ4n) is 3.14. The van der Waals surface area contributed by atoms with Gasteiger partial charge in [-0.1, -0.05) is 53.5 Å². The average Bonchev–Trinajstić information content (AvgIpc) is 3.04. The van der Waals surface area contributed by atoms with Crippen LogP contribution in [0.15, 0.2) is 59.7 Å². The number of aryl methyl sites for hydroxylation is 1. The van der Waals surface area contributed by atoms with E-state index in [9.17, 15) is 9.59 Å². The first-order valence-electron chi connectivity index (χ1n) is 8.73. The highest BCUT2D eigenvalue weighted by Crippen LogP contribution is 2.35. The Balaban J connectivity index is 1.70. The van der Waals surface area contributed by atoms with Gasteiger partial charge in [0.2, 0.25) is 5.91 Å². The van der Waals surface area contributed by atoms with Crippen molar-refractivity contribution in [1.29, 1.82) is 0 Å². The van der Waals surface area contributed by atoms with Crippen LogP contribution in [0.1, 0.15) is 4.88 Å². The Hall–Kier alpha value is -2.67. The number of halogens is 2. The van der Waals surface area contributed by atoms with Gasteiger partial charge in [0.15, 0.2) is 0 Å². The third-order valence-corrected chi connectivity index (χ3v) is 6.01. The summed E-state index contributed by atoms with van der Waals surface area (Å²) in [5.41, 5.74) is 1.94. The first-order valence-corrected chi connectivity index (χ1v) is 10.3. The number of nitrogens with one attached hydrogen (secondary N) is 1. The summed E-state index contributed by atoms with van der Waals surface area (Å²) >= 11 is 13.5. The normalized spacial score (nSPS) is 11.0. The molecule has 0 unspecified atom stereocenters. The van der Waals surface area contributed by atoms with E-state index in [1.54, 1.807) is 18.2 Å². The minimum atomic E-state index is -0.398. The number of hydrogen-bond donors (Lipinski definition) is 1. The third-order valence-electron chi connectivity index (χ3n) is 4.43. The van der Waals surface area contributed by atoms with Crippen LogP contribution in [-0.4, -0.2) is 15.5 Å². The summed E-state index contributed by atoms with van der Waals surface area (Å²) in [5.74, 6) is -0.398. The van der Waals surface area contributed by atoms with Crippen LogP contribution in [0.3, 0.4) is 0 Å². The zero-order valence-corrected chi connectivity index (χ0v) is 17.6. The zero-order valence-electron chi connectivity index (χ0n) is 15.3. The van der Waals surface area contributed by atoms with Gasteiger partial charge in [0.25, 0.3) is 5.56 Å². The lowest BCUT2D eigenvalue weighted by Gasteiger charge is -2.09. The van der Waals surface area contributed by atoms with Crippen LogP contribution in [0.2, 0.25) is 10.0 Å². The lowest BCUT2D eigenvalue weighted by Crippen LogP contribution is -2.27. The first kappa shape index (κ1) is 19.6. The van der Waals surface area contributed by atoms with E-state index in [1.165, 1.54) is 22.2 Å². The standard InChI is InChI=1S/C21H15Cl2N3O2S/c1-12-18(13-5-3-2-4-6-13)19-20(29-12)24-11-26(21(19)28)10-17(27)25-16-9-14(22)7-8-15(16)23/h2-9,11H,10H2,1H3,(H,25,27). The number of benzene rings is 2. The van der Waals surface area contributed by atoms with Gasteiger partial charge >= 0.3 is 0 Å². The summed E-state index contributed by atoms with van der Waals surface area (Å²) in [6.07, 6.45) is 1.40. The molecule has 29 heavy (non-hydrogen) atoms. The molecule has 1 amide bonds. The van der Waals surface area contributed by atoms with E-state index < -0.39 is 5.91 Å². The number of aromatic nitrogens is 2. The van der Waals surface area contributed by atoms with Crippen molar-refractivity contribution in [2.24, 2.45) is 0 Å². The Labute approximate surface area is 180 Å². The molecule has 4 rings (SSSR count). The second-order valence-corrected chi connectivity index (χ2v) is 8.48. The van der Waals surface area contributed by atoms with Gasteiger partial charge < -0.3 is 5.32 Å². The van der Waals surface area contributed by atoms with E-state index in [2.05, 4.69) is 10.3 Å². The van der Waals surface area contributed by atoms with Crippen LogP contribution in [0, 0.1) is 6.92 Å². The number of anilines is 1. The predicted octanol–water partition coefficient (Wildman–Crippen LogP) is 5.38. The Morgan fingerprint density at radius 2 is 1.93 bits per heavy atom. The molecule has 0 spiro atoms. The average molecular weight is 444 g/mol. The number of nitrogens with zero attached hydrogens (tertiary/aromatic N) is 2. The highest BCUT2D eigenvalue weighted by atomic mass is 35.5. The topological polar surface area (TPSA) is 64.0 Å². The molecule has 0 aliphatic heterocycles. The lowest BCUT2D eigenvalue weighted by atomic mass is 10.0. The van der Waals surface area contributed by atoms with Gasteiger partial charge in [0, 0.05) is 15.5 Å². The summed E-state index contributed by atoms with van der Waals surface area (Å²) in [6.45, 7) is 1.78. The molecule has 0 saturated carbocycles. The molecule has 2 heterocycles. The highest BCUT2D eigenvalue weighted by molar-refractivity contribution is 7.19. The molecule has 0 saturated heterocycles. The summed E-state index contributed by atoms with van der Waals surface area (Å²) < 4.78 is 1.30. The van der Waals surface area contributed by atoms with Gasteiger partial charge in [-0.15, -0.1) is 11.3 Å². The minimum absolute atomic E-state index is 0.187. The quantitative estimate of drug-likeness (QED) is 0.460. The SMILES string of the molecule is Cc1sc2ncn(CC(=O)Nc3cc(Cl)ccc3Cl)c(=O)c2c1-c1ccccc1. The molecule has 0 atom stereocenters. The van der Waals surface area contributed by atoms with Crippen molar-refractivity contribution >= 4 is 56.3 Å². The minimum Gasteiger partial charge on any atom is -0.323 e. The molecule has 0 bridgehead atoms. The van der Waals surface area contributed by atoms with Crippen LogP contribution in [-0.2, 0) is 11.3 Å². The molecule has 2 aromatic heterocycles. The molecular weight excluding hydrogens is 429 g/mol. The van der Waals surface area contributed by atoms with Crippen LogP contribution in [0.5, 0.6) is 0 Å². The van der Waals surface area contributed by atoms with Gasteiger partial charge in [0.05, 0.1) is 22.4 Å². The lowest BCUT2D eigenvalue weighted by molar-refractivity contribution is -0.116. The number of thiophene rings is 1. The smallest absolute Gasteiger partial charge is 0.263 e. The number of hydrogen-bond acceptors (Lipinski definition) is 4. The van der Waals surface area contributed by atoms with E-state index in [0.29, 0.717) is 25.9 Å². The maximum atomic E-state index is 13.1. The Morgan fingerprint density at radius 1 is 1.17 bits per heavy atom. The number of carbonyl (C=O) groups is 1. The van der Waals surface area contributed by atoms with Crippen LogP contribution < -0.4 is 10.9 Å². The fraction of sp³-hybridized carbons (Fsp3) is 0.0952. The molecule has 1 N–H and O–H groups in total. The number of amides is 1. The van der Waals surface area contributed by atoms with E-state index in [4.69, 9.17) is 23.2 Å². The van der Waals surface area contributed by atoms with Crippen molar-refractivity contribution < 1.29 is 4.79 Å². The summed E-state index contributed by atoms with van der Waals surface area (Å²) in [6, 6.07) is 14.5.